The summed E-state index contributed by atoms with van der Waals surface area (Å²) >= 11 is 0. The second-order valence-electron chi connectivity index (χ2n) is 7.47. The standard InChI is InChI=1S/C23H26N6O2/c1-2-18-14-25-15-21(27-18)17-12-20(23(31)26-13-17)28-22(30)16-4-6-19(7-5-16)29-10-3-8-24-9-11-29/h4-7,12-15,24H,2-3,8-11H2,1H3,(H,26,31)(H,28,30). The zero-order chi connectivity index (χ0) is 21.6. The van der Waals surface area contributed by atoms with Crippen LogP contribution in [-0.4, -0.2) is 47.0 Å². The molecule has 3 aromatic rings. The van der Waals surface area contributed by atoms with Gasteiger partial charge in [0.05, 0.1) is 17.6 Å². The maximum Gasteiger partial charge on any atom is 0.271 e. The Morgan fingerprint density at radius 3 is 2.81 bits per heavy atom. The lowest BCUT2D eigenvalue weighted by Gasteiger charge is -2.22. The van der Waals surface area contributed by atoms with Gasteiger partial charge in [-0.05, 0) is 49.7 Å². The number of carbonyl (C=O) groups is 1. The summed E-state index contributed by atoms with van der Waals surface area (Å²) in [4.78, 5) is 38.7. The van der Waals surface area contributed by atoms with E-state index in [-0.39, 0.29) is 17.2 Å². The monoisotopic (exact) mass is 418 g/mol. The number of benzene rings is 1. The number of aryl methyl sites for hydroxylation is 1. The van der Waals surface area contributed by atoms with Crippen molar-refractivity contribution in [2.24, 2.45) is 0 Å². The van der Waals surface area contributed by atoms with E-state index in [4.69, 9.17) is 0 Å². The highest BCUT2D eigenvalue weighted by Crippen LogP contribution is 2.19. The molecule has 160 valence electrons. The molecule has 2 aromatic heterocycles. The lowest BCUT2D eigenvalue weighted by atomic mass is 10.1. The minimum Gasteiger partial charge on any atom is -0.370 e. The summed E-state index contributed by atoms with van der Waals surface area (Å²) in [6.45, 7) is 5.91. The second-order valence-corrected chi connectivity index (χ2v) is 7.47. The second kappa shape index (κ2) is 9.53. The quantitative estimate of drug-likeness (QED) is 0.588. The molecular weight excluding hydrogens is 392 g/mol. The lowest BCUT2D eigenvalue weighted by Crippen LogP contribution is -2.27. The van der Waals surface area contributed by atoms with Crippen LogP contribution in [0.3, 0.4) is 0 Å². The first-order chi connectivity index (χ1) is 15.1. The summed E-state index contributed by atoms with van der Waals surface area (Å²) in [7, 11) is 0. The predicted octanol–water partition coefficient (Wildman–Crippen LogP) is 2.45. The van der Waals surface area contributed by atoms with Crippen LogP contribution in [0.15, 0.2) is 53.7 Å². The van der Waals surface area contributed by atoms with E-state index in [0.29, 0.717) is 16.8 Å². The van der Waals surface area contributed by atoms with E-state index in [0.717, 1.165) is 50.4 Å². The summed E-state index contributed by atoms with van der Waals surface area (Å²) in [5.74, 6) is -0.333. The molecule has 3 heterocycles. The average molecular weight is 419 g/mol. The fourth-order valence-electron chi connectivity index (χ4n) is 3.56. The Labute approximate surface area is 180 Å². The molecule has 31 heavy (non-hydrogen) atoms. The largest absolute Gasteiger partial charge is 0.370 e. The van der Waals surface area contributed by atoms with E-state index in [9.17, 15) is 9.59 Å². The maximum absolute atomic E-state index is 12.7. The average Bonchev–Trinajstić information content (AvgIpc) is 3.10. The van der Waals surface area contributed by atoms with Crippen LogP contribution in [0.5, 0.6) is 0 Å². The number of anilines is 2. The molecular formula is C23H26N6O2. The van der Waals surface area contributed by atoms with Crippen LogP contribution in [0.4, 0.5) is 11.4 Å². The number of nitrogens with one attached hydrogen (secondary N) is 3. The fraction of sp³-hybridized carbons (Fsp3) is 0.304. The van der Waals surface area contributed by atoms with E-state index in [1.165, 1.54) is 0 Å². The first-order valence-corrected chi connectivity index (χ1v) is 10.5. The summed E-state index contributed by atoms with van der Waals surface area (Å²) < 4.78 is 0. The van der Waals surface area contributed by atoms with Gasteiger partial charge in [-0.1, -0.05) is 6.92 Å². The zero-order valence-electron chi connectivity index (χ0n) is 17.5. The summed E-state index contributed by atoms with van der Waals surface area (Å²) in [6.07, 6.45) is 6.77. The van der Waals surface area contributed by atoms with Crippen LogP contribution in [-0.2, 0) is 6.42 Å². The SMILES string of the molecule is CCc1cncc(-c2c[nH]c(=O)c(NC(=O)c3ccc(N4CCCNCC4)cc3)c2)n1. The topological polar surface area (TPSA) is 103 Å². The van der Waals surface area contributed by atoms with E-state index in [1.54, 1.807) is 36.8 Å². The summed E-state index contributed by atoms with van der Waals surface area (Å²) in [5.41, 5.74) is 3.57. The van der Waals surface area contributed by atoms with Gasteiger partial charge < -0.3 is 20.5 Å². The molecule has 0 atom stereocenters. The first kappa shape index (κ1) is 20.7. The predicted molar refractivity (Wildman–Crippen MR) is 122 cm³/mol. The molecule has 1 fully saturated rings. The smallest absolute Gasteiger partial charge is 0.271 e. The normalized spacial score (nSPS) is 14.2. The highest BCUT2D eigenvalue weighted by molar-refractivity contribution is 6.04. The van der Waals surface area contributed by atoms with Gasteiger partial charge in [-0.3, -0.25) is 14.6 Å². The molecule has 1 aliphatic rings. The number of amides is 1. The number of hydrogen-bond acceptors (Lipinski definition) is 6. The number of rotatable bonds is 5. The van der Waals surface area contributed by atoms with Crippen LogP contribution in [0, 0.1) is 0 Å². The van der Waals surface area contributed by atoms with Crippen molar-refractivity contribution < 1.29 is 4.79 Å². The highest BCUT2D eigenvalue weighted by Gasteiger charge is 2.13. The number of H-pyrrole nitrogens is 1. The number of carbonyl (C=O) groups excluding carboxylic acids is 1. The Hall–Kier alpha value is -3.52. The number of aromatic amines is 1. The van der Waals surface area contributed by atoms with Crippen molar-refractivity contribution in [2.75, 3.05) is 36.4 Å². The fourth-order valence-corrected chi connectivity index (χ4v) is 3.56. The summed E-state index contributed by atoms with van der Waals surface area (Å²) in [5, 5.41) is 6.10. The highest BCUT2D eigenvalue weighted by atomic mass is 16.2. The number of hydrogen-bond donors (Lipinski definition) is 3. The maximum atomic E-state index is 12.7. The van der Waals surface area contributed by atoms with Crippen molar-refractivity contribution in [3.8, 4) is 11.3 Å². The van der Waals surface area contributed by atoms with Crippen molar-refractivity contribution in [3.05, 3.63) is 70.5 Å². The third kappa shape index (κ3) is 4.97. The van der Waals surface area contributed by atoms with E-state index >= 15 is 0 Å². The molecule has 0 spiro atoms. The Kier molecular flexibility index (Phi) is 6.37. The van der Waals surface area contributed by atoms with Gasteiger partial charge in [0.2, 0.25) is 0 Å². The van der Waals surface area contributed by atoms with Crippen molar-refractivity contribution in [1.82, 2.24) is 20.3 Å². The molecule has 0 aliphatic carbocycles. The van der Waals surface area contributed by atoms with Gasteiger partial charge in [0.1, 0.15) is 5.69 Å². The molecule has 4 rings (SSSR count). The molecule has 0 saturated carbocycles. The Bertz CT molecular complexity index is 1100. The van der Waals surface area contributed by atoms with Gasteiger partial charge in [-0.15, -0.1) is 0 Å². The van der Waals surface area contributed by atoms with Gasteiger partial charge in [0, 0.05) is 48.8 Å². The van der Waals surface area contributed by atoms with Crippen LogP contribution in [0.25, 0.3) is 11.3 Å². The zero-order valence-corrected chi connectivity index (χ0v) is 17.5. The van der Waals surface area contributed by atoms with Gasteiger partial charge in [0.15, 0.2) is 0 Å². The number of nitrogens with zero attached hydrogens (tertiary/aromatic N) is 3. The van der Waals surface area contributed by atoms with Gasteiger partial charge >= 0.3 is 0 Å². The minimum absolute atomic E-state index is 0.175. The van der Waals surface area contributed by atoms with E-state index in [2.05, 4.69) is 30.5 Å². The third-order valence-electron chi connectivity index (χ3n) is 5.33. The van der Waals surface area contributed by atoms with E-state index < -0.39 is 0 Å². The molecule has 1 saturated heterocycles. The van der Waals surface area contributed by atoms with Crippen molar-refractivity contribution in [2.45, 2.75) is 19.8 Å². The molecule has 0 radical (unpaired) electrons. The Morgan fingerprint density at radius 1 is 1.16 bits per heavy atom. The molecule has 1 aromatic carbocycles. The molecule has 3 N–H and O–H groups in total. The Balaban J connectivity index is 1.51. The molecule has 0 unspecified atom stereocenters. The van der Waals surface area contributed by atoms with Crippen LogP contribution >= 0.6 is 0 Å². The molecule has 8 heteroatoms. The number of pyridine rings is 1. The van der Waals surface area contributed by atoms with Crippen molar-refractivity contribution in [3.63, 3.8) is 0 Å². The van der Waals surface area contributed by atoms with Crippen LogP contribution in [0.2, 0.25) is 0 Å². The van der Waals surface area contributed by atoms with Gasteiger partial charge in [0.25, 0.3) is 11.5 Å². The lowest BCUT2D eigenvalue weighted by molar-refractivity contribution is 0.102. The number of aromatic nitrogens is 3. The van der Waals surface area contributed by atoms with Crippen molar-refractivity contribution in [1.29, 1.82) is 0 Å². The Morgan fingerprint density at radius 2 is 2.00 bits per heavy atom. The van der Waals surface area contributed by atoms with Crippen LogP contribution in [0.1, 0.15) is 29.4 Å². The van der Waals surface area contributed by atoms with E-state index in [1.807, 2.05) is 19.1 Å². The molecule has 8 nitrogen and oxygen atoms in total. The third-order valence-corrected chi connectivity index (χ3v) is 5.33. The van der Waals surface area contributed by atoms with Gasteiger partial charge in [-0.25, -0.2) is 4.98 Å². The molecule has 1 amide bonds. The molecule has 0 bridgehead atoms. The van der Waals surface area contributed by atoms with Crippen LogP contribution < -0.4 is 21.1 Å². The van der Waals surface area contributed by atoms with Gasteiger partial charge in [-0.2, -0.15) is 0 Å². The molecule has 1 aliphatic heterocycles. The summed E-state index contributed by atoms with van der Waals surface area (Å²) in [6, 6.07) is 9.10. The van der Waals surface area contributed by atoms with Crippen molar-refractivity contribution >= 4 is 17.3 Å². The minimum atomic E-state index is -0.370. The first-order valence-electron chi connectivity index (χ1n) is 10.5.